The number of nitrogens with zero attached hydrogens (tertiary/aromatic N) is 1. The van der Waals surface area contributed by atoms with Crippen LogP contribution in [0.1, 0.15) is 27.7 Å². The van der Waals surface area contributed by atoms with Crippen LogP contribution in [0.15, 0.2) is 0 Å². The van der Waals surface area contributed by atoms with E-state index in [0.29, 0.717) is 19.0 Å². The lowest BCUT2D eigenvalue weighted by Crippen LogP contribution is -2.52. The summed E-state index contributed by atoms with van der Waals surface area (Å²) < 4.78 is 5.67. The van der Waals surface area contributed by atoms with E-state index in [-0.39, 0.29) is 24.2 Å². The molecule has 1 amide bonds. The van der Waals surface area contributed by atoms with Crippen LogP contribution >= 0.6 is 0 Å². The smallest absolute Gasteiger partial charge is 0.234 e. The minimum absolute atomic E-state index is 0.0454. The average Bonchev–Trinajstić information content (AvgIpc) is 2.27. The highest BCUT2D eigenvalue weighted by atomic mass is 16.5. The molecule has 1 rings (SSSR count). The van der Waals surface area contributed by atoms with Gasteiger partial charge in [0.05, 0.1) is 18.8 Å². The Morgan fingerprint density at radius 1 is 1.44 bits per heavy atom. The summed E-state index contributed by atoms with van der Waals surface area (Å²) in [6.45, 7) is 10.7. The standard InChI is InChI=1S/C13H27N3O2/c1-9(2)11(4)15-13(17)8-16-6-10(3)18-12(5-14)7-16/h9-12H,5-8,14H2,1-4H3,(H,15,17). The lowest BCUT2D eigenvalue weighted by molar-refractivity contribution is -0.127. The van der Waals surface area contributed by atoms with Gasteiger partial charge in [-0.2, -0.15) is 0 Å². The SMILES string of the molecule is CC1CN(CC(=O)NC(C)C(C)C)CC(CN)O1. The van der Waals surface area contributed by atoms with Crippen LogP contribution in [-0.4, -0.2) is 55.2 Å². The number of hydrogen-bond acceptors (Lipinski definition) is 4. The second kappa shape index (κ2) is 7.07. The Morgan fingerprint density at radius 3 is 2.67 bits per heavy atom. The van der Waals surface area contributed by atoms with Gasteiger partial charge in [0.1, 0.15) is 0 Å². The molecule has 18 heavy (non-hydrogen) atoms. The molecule has 3 unspecified atom stereocenters. The summed E-state index contributed by atoms with van der Waals surface area (Å²) in [5, 5.41) is 3.02. The van der Waals surface area contributed by atoms with E-state index in [2.05, 4.69) is 24.1 Å². The van der Waals surface area contributed by atoms with Crippen molar-refractivity contribution in [2.45, 2.75) is 45.9 Å². The molecular formula is C13H27N3O2. The van der Waals surface area contributed by atoms with Crippen LogP contribution in [0.25, 0.3) is 0 Å². The minimum Gasteiger partial charge on any atom is -0.371 e. The molecule has 1 heterocycles. The molecule has 1 saturated heterocycles. The topological polar surface area (TPSA) is 67.6 Å². The largest absolute Gasteiger partial charge is 0.371 e. The number of rotatable bonds is 5. The molecule has 0 spiro atoms. The van der Waals surface area contributed by atoms with Crippen molar-refractivity contribution in [3.05, 3.63) is 0 Å². The van der Waals surface area contributed by atoms with Crippen LogP contribution in [-0.2, 0) is 9.53 Å². The fourth-order valence-corrected chi connectivity index (χ4v) is 2.07. The maximum atomic E-state index is 11.9. The molecule has 0 aromatic carbocycles. The van der Waals surface area contributed by atoms with Gasteiger partial charge >= 0.3 is 0 Å². The summed E-state index contributed by atoms with van der Waals surface area (Å²) in [5.74, 6) is 0.537. The molecule has 5 nitrogen and oxygen atoms in total. The van der Waals surface area contributed by atoms with Crippen LogP contribution in [0.5, 0.6) is 0 Å². The number of amides is 1. The number of nitrogens with one attached hydrogen (secondary N) is 1. The number of hydrogen-bond donors (Lipinski definition) is 2. The Kier molecular flexibility index (Phi) is 6.05. The Morgan fingerprint density at radius 2 is 2.11 bits per heavy atom. The normalized spacial score (nSPS) is 27.2. The molecule has 1 aliphatic rings. The molecule has 3 N–H and O–H groups in total. The molecule has 1 fully saturated rings. The first-order valence-corrected chi connectivity index (χ1v) is 6.79. The van der Waals surface area contributed by atoms with Gasteiger partial charge in [0.2, 0.25) is 5.91 Å². The van der Waals surface area contributed by atoms with Gasteiger partial charge < -0.3 is 15.8 Å². The second-order valence-electron chi connectivity index (χ2n) is 5.60. The average molecular weight is 257 g/mol. The van der Waals surface area contributed by atoms with E-state index >= 15 is 0 Å². The highest BCUT2D eigenvalue weighted by Crippen LogP contribution is 2.10. The summed E-state index contributed by atoms with van der Waals surface area (Å²) in [6, 6.07) is 0.210. The van der Waals surface area contributed by atoms with Crippen LogP contribution in [0, 0.1) is 5.92 Å². The molecule has 0 bridgehead atoms. The predicted molar refractivity (Wildman–Crippen MR) is 72.3 cm³/mol. The fraction of sp³-hybridized carbons (Fsp3) is 0.923. The van der Waals surface area contributed by atoms with E-state index < -0.39 is 0 Å². The molecule has 0 saturated carbocycles. The van der Waals surface area contributed by atoms with Gasteiger partial charge in [-0.1, -0.05) is 13.8 Å². The zero-order valence-corrected chi connectivity index (χ0v) is 12.0. The summed E-state index contributed by atoms with van der Waals surface area (Å²) in [7, 11) is 0. The minimum atomic E-state index is 0.0454. The van der Waals surface area contributed by atoms with Gasteiger partial charge in [0, 0.05) is 25.7 Å². The van der Waals surface area contributed by atoms with Crippen LogP contribution < -0.4 is 11.1 Å². The van der Waals surface area contributed by atoms with Gasteiger partial charge in [-0.3, -0.25) is 9.69 Å². The third-order valence-electron chi connectivity index (χ3n) is 3.42. The third kappa shape index (κ3) is 4.92. The molecule has 0 aliphatic carbocycles. The van der Waals surface area contributed by atoms with Crippen molar-refractivity contribution in [1.82, 2.24) is 10.2 Å². The summed E-state index contributed by atoms with van der Waals surface area (Å²) >= 11 is 0. The maximum absolute atomic E-state index is 11.9. The molecule has 5 heteroatoms. The Bertz CT molecular complexity index is 271. The molecule has 0 aromatic heterocycles. The quantitative estimate of drug-likeness (QED) is 0.738. The van der Waals surface area contributed by atoms with Crippen molar-refractivity contribution in [2.24, 2.45) is 11.7 Å². The van der Waals surface area contributed by atoms with E-state index in [1.165, 1.54) is 0 Å². The van der Waals surface area contributed by atoms with Crippen molar-refractivity contribution >= 4 is 5.91 Å². The van der Waals surface area contributed by atoms with E-state index in [0.717, 1.165) is 13.1 Å². The van der Waals surface area contributed by atoms with Gasteiger partial charge in [-0.05, 0) is 19.8 Å². The second-order valence-corrected chi connectivity index (χ2v) is 5.60. The highest BCUT2D eigenvalue weighted by molar-refractivity contribution is 5.78. The monoisotopic (exact) mass is 257 g/mol. The van der Waals surface area contributed by atoms with Gasteiger partial charge in [-0.25, -0.2) is 0 Å². The van der Waals surface area contributed by atoms with Gasteiger partial charge in [-0.15, -0.1) is 0 Å². The first kappa shape index (κ1) is 15.4. The van der Waals surface area contributed by atoms with E-state index in [1.807, 2.05) is 13.8 Å². The summed E-state index contributed by atoms with van der Waals surface area (Å²) in [5.41, 5.74) is 5.63. The molecule has 106 valence electrons. The highest BCUT2D eigenvalue weighted by Gasteiger charge is 2.25. The molecule has 0 radical (unpaired) electrons. The van der Waals surface area contributed by atoms with Crippen molar-refractivity contribution in [3.8, 4) is 0 Å². The number of nitrogens with two attached hydrogens (primary N) is 1. The Hall–Kier alpha value is -0.650. The summed E-state index contributed by atoms with van der Waals surface area (Å²) in [4.78, 5) is 14.0. The fourth-order valence-electron chi connectivity index (χ4n) is 2.07. The van der Waals surface area contributed by atoms with Gasteiger partial charge in [0.15, 0.2) is 0 Å². The molecule has 1 aliphatic heterocycles. The van der Waals surface area contributed by atoms with Crippen molar-refractivity contribution in [1.29, 1.82) is 0 Å². The number of ether oxygens (including phenoxy) is 1. The third-order valence-corrected chi connectivity index (χ3v) is 3.42. The first-order chi connectivity index (χ1) is 8.42. The van der Waals surface area contributed by atoms with E-state index in [1.54, 1.807) is 0 Å². The first-order valence-electron chi connectivity index (χ1n) is 6.79. The molecule has 0 aromatic rings. The molecular weight excluding hydrogens is 230 g/mol. The van der Waals surface area contributed by atoms with Crippen LogP contribution in [0.2, 0.25) is 0 Å². The van der Waals surface area contributed by atoms with E-state index in [9.17, 15) is 4.79 Å². The van der Waals surface area contributed by atoms with Crippen molar-refractivity contribution < 1.29 is 9.53 Å². The maximum Gasteiger partial charge on any atom is 0.234 e. The van der Waals surface area contributed by atoms with Crippen molar-refractivity contribution in [3.63, 3.8) is 0 Å². The molecule has 3 atom stereocenters. The number of carbonyl (C=O) groups excluding carboxylic acids is 1. The Balaban J connectivity index is 2.39. The van der Waals surface area contributed by atoms with Crippen LogP contribution in [0.3, 0.4) is 0 Å². The lowest BCUT2D eigenvalue weighted by Gasteiger charge is -2.36. The number of morpholine rings is 1. The summed E-state index contributed by atoms with van der Waals surface area (Å²) in [6.07, 6.45) is 0.187. The zero-order chi connectivity index (χ0) is 13.7. The zero-order valence-electron chi connectivity index (χ0n) is 12.0. The van der Waals surface area contributed by atoms with E-state index in [4.69, 9.17) is 10.5 Å². The van der Waals surface area contributed by atoms with Gasteiger partial charge in [0.25, 0.3) is 0 Å². The lowest BCUT2D eigenvalue weighted by atomic mass is 10.1. The Labute approximate surface area is 110 Å². The van der Waals surface area contributed by atoms with Crippen molar-refractivity contribution in [2.75, 3.05) is 26.2 Å². The van der Waals surface area contributed by atoms with Crippen LogP contribution in [0.4, 0.5) is 0 Å². The predicted octanol–water partition coefficient (Wildman–Crippen LogP) is 0.195. The number of carbonyl (C=O) groups is 1.